The largest absolute Gasteiger partial charge is 0.395 e. The third-order valence-corrected chi connectivity index (χ3v) is 6.70. The number of nitrogens with zero attached hydrogens (tertiary/aromatic N) is 5. The summed E-state index contributed by atoms with van der Waals surface area (Å²) in [6.45, 7) is 0.308. The zero-order valence-corrected chi connectivity index (χ0v) is 17.1. The summed E-state index contributed by atoms with van der Waals surface area (Å²) in [4.78, 5) is 22.9. The first-order valence-electron chi connectivity index (χ1n) is 9.96. The molecule has 4 heterocycles. The number of benzene rings is 1. The minimum atomic E-state index is -0.0428. The number of aromatic nitrogens is 4. The number of fused-ring (bicyclic) bond motifs is 3. The average molecular weight is 435 g/mol. The van der Waals surface area contributed by atoms with Crippen molar-refractivity contribution in [3.63, 3.8) is 0 Å². The fourth-order valence-electron chi connectivity index (χ4n) is 4.68. The van der Waals surface area contributed by atoms with Gasteiger partial charge in [0.2, 0.25) is 11.7 Å². The van der Waals surface area contributed by atoms with Crippen LogP contribution in [-0.4, -0.2) is 49.3 Å². The van der Waals surface area contributed by atoms with Crippen LogP contribution in [0.1, 0.15) is 23.6 Å². The van der Waals surface area contributed by atoms with Crippen LogP contribution in [0.5, 0.6) is 0 Å². The van der Waals surface area contributed by atoms with Crippen molar-refractivity contribution >= 4 is 17.2 Å². The van der Waals surface area contributed by atoms with Crippen LogP contribution in [0.4, 0.5) is 0 Å². The minimum Gasteiger partial charge on any atom is -0.395 e. The van der Waals surface area contributed by atoms with Crippen LogP contribution in [0.25, 0.3) is 33.7 Å². The molecule has 4 aromatic rings. The number of hydrogen-bond acceptors (Lipinski definition) is 9. The maximum Gasteiger partial charge on any atom is 0.280 e. The highest BCUT2D eigenvalue weighted by atomic mass is 32.1. The lowest BCUT2D eigenvalue weighted by Crippen LogP contribution is -2.30. The van der Waals surface area contributed by atoms with Gasteiger partial charge in [0, 0.05) is 36.2 Å². The monoisotopic (exact) mass is 435 g/mol. The number of aliphatic hydroxyl groups excluding tert-OH is 1. The van der Waals surface area contributed by atoms with E-state index in [0.29, 0.717) is 30.2 Å². The second-order valence-corrected chi connectivity index (χ2v) is 8.53. The highest BCUT2D eigenvalue weighted by molar-refractivity contribution is 7.13. The Kier molecular flexibility index (Phi) is 4.22. The number of rotatable bonds is 5. The third kappa shape index (κ3) is 2.90. The molecule has 1 fully saturated rings. The lowest BCUT2D eigenvalue weighted by Gasteiger charge is -2.24. The summed E-state index contributed by atoms with van der Waals surface area (Å²) in [5.74, 6) is 1.61. The minimum absolute atomic E-state index is 0.00244. The summed E-state index contributed by atoms with van der Waals surface area (Å²) in [5.41, 5.74) is 3.57. The predicted molar refractivity (Wildman–Crippen MR) is 110 cm³/mol. The van der Waals surface area contributed by atoms with Gasteiger partial charge in [0.1, 0.15) is 0 Å². The number of likely N-dealkylation sites (tertiary alicyclic amines) is 1. The number of β-amino-alcohol motifs (C(OH)–C–C–N with tert-alkyl or cyclic N) is 1. The molecule has 1 saturated heterocycles. The van der Waals surface area contributed by atoms with Crippen molar-refractivity contribution in [2.24, 2.45) is 5.92 Å². The number of carbonyl (C=O) groups is 1. The van der Waals surface area contributed by atoms with E-state index in [4.69, 9.17) is 9.05 Å². The van der Waals surface area contributed by atoms with Gasteiger partial charge < -0.3 is 19.1 Å². The topological polar surface area (TPSA) is 118 Å². The van der Waals surface area contributed by atoms with E-state index in [-0.39, 0.29) is 30.4 Å². The van der Waals surface area contributed by atoms with E-state index in [1.807, 2.05) is 23.6 Å². The van der Waals surface area contributed by atoms with Crippen molar-refractivity contribution in [2.45, 2.75) is 18.9 Å². The van der Waals surface area contributed by atoms with Crippen LogP contribution in [0, 0.1) is 5.92 Å². The van der Waals surface area contributed by atoms with Crippen molar-refractivity contribution in [3.05, 3.63) is 47.0 Å². The zero-order chi connectivity index (χ0) is 20.9. The molecule has 1 N–H and O–H groups in total. The predicted octanol–water partition coefficient (Wildman–Crippen LogP) is 2.95. The van der Waals surface area contributed by atoms with Gasteiger partial charge in [-0.2, -0.15) is 4.98 Å². The van der Waals surface area contributed by atoms with Crippen LogP contribution < -0.4 is 0 Å². The summed E-state index contributed by atoms with van der Waals surface area (Å²) in [5, 5.41) is 20.2. The number of hydrogen-bond donors (Lipinski definition) is 1. The molecule has 1 aliphatic carbocycles. The van der Waals surface area contributed by atoms with Crippen molar-refractivity contribution in [2.75, 3.05) is 13.2 Å². The van der Waals surface area contributed by atoms with Crippen molar-refractivity contribution < 1.29 is 18.9 Å². The molecule has 3 aromatic heterocycles. The molecule has 31 heavy (non-hydrogen) atoms. The molecular formula is C21H17N5O4S. The van der Waals surface area contributed by atoms with Crippen molar-refractivity contribution in [3.8, 4) is 33.7 Å². The highest BCUT2D eigenvalue weighted by Crippen LogP contribution is 2.49. The van der Waals surface area contributed by atoms with E-state index in [9.17, 15) is 9.90 Å². The van der Waals surface area contributed by atoms with Gasteiger partial charge in [0.05, 0.1) is 12.6 Å². The van der Waals surface area contributed by atoms with Gasteiger partial charge in [0.25, 0.3) is 5.89 Å². The van der Waals surface area contributed by atoms with Crippen LogP contribution in [0.3, 0.4) is 0 Å². The van der Waals surface area contributed by atoms with Gasteiger partial charge in [-0.05, 0) is 23.5 Å². The first-order chi connectivity index (χ1) is 15.2. The quantitative estimate of drug-likeness (QED) is 0.508. The molecular weight excluding hydrogens is 418 g/mol. The molecule has 1 amide bonds. The molecule has 2 aliphatic rings. The maximum atomic E-state index is 12.3. The van der Waals surface area contributed by atoms with Crippen LogP contribution in [0.15, 0.2) is 44.9 Å². The smallest absolute Gasteiger partial charge is 0.280 e. The Morgan fingerprint density at radius 1 is 1.23 bits per heavy atom. The van der Waals surface area contributed by atoms with E-state index in [1.54, 1.807) is 17.2 Å². The van der Waals surface area contributed by atoms with Gasteiger partial charge in [-0.25, -0.2) is 4.98 Å². The summed E-state index contributed by atoms with van der Waals surface area (Å²) in [6, 6.07) is 7.69. The summed E-state index contributed by atoms with van der Waals surface area (Å²) in [6.07, 6.45) is 2.97. The number of aliphatic hydroxyl groups is 1. The maximum absolute atomic E-state index is 12.3. The first-order valence-corrected chi connectivity index (χ1v) is 10.8. The molecule has 2 atom stereocenters. The lowest BCUT2D eigenvalue weighted by atomic mass is 10.0. The molecule has 0 saturated carbocycles. The Balaban J connectivity index is 1.34. The Morgan fingerprint density at radius 3 is 3.00 bits per heavy atom. The molecule has 6 rings (SSSR count). The van der Waals surface area contributed by atoms with Gasteiger partial charge >= 0.3 is 0 Å². The van der Waals surface area contributed by atoms with Crippen LogP contribution in [-0.2, 0) is 11.2 Å². The highest BCUT2D eigenvalue weighted by Gasteiger charge is 2.46. The van der Waals surface area contributed by atoms with E-state index < -0.39 is 0 Å². The lowest BCUT2D eigenvalue weighted by molar-refractivity contribution is -0.129. The summed E-state index contributed by atoms with van der Waals surface area (Å²) >= 11 is 1.46. The fraction of sp³-hybridized carbons (Fsp3) is 0.286. The molecule has 0 spiro atoms. The standard InChI is InChI=1S/C21H17N5O4S/c27-6-5-26-17(28)9-11-8-14-12(18(11)26)2-1-3-13(14)19-23-20(30-25-19)15-10-16(29-24-15)21-22-4-7-31-21/h1-4,7,10-11,18,27H,5-6,8-9H2/t11-,18+/m1/s1. The molecule has 0 unspecified atom stereocenters. The second kappa shape index (κ2) is 7.10. The third-order valence-electron chi connectivity index (χ3n) is 5.92. The number of amides is 1. The van der Waals surface area contributed by atoms with Gasteiger partial charge in [-0.1, -0.05) is 28.5 Å². The van der Waals surface area contributed by atoms with Crippen LogP contribution in [0.2, 0.25) is 0 Å². The summed E-state index contributed by atoms with van der Waals surface area (Å²) < 4.78 is 10.8. The Hall–Kier alpha value is -3.37. The molecule has 1 aliphatic heterocycles. The number of thiazole rings is 1. The molecule has 0 radical (unpaired) electrons. The van der Waals surface area contributed by atoms with Gasteiger partial charge in [-0.3, -0.25) is 4.79 Å². The van der Waals surface area contributed by atoms with Crippen molar-refractivity contribution in [1.82, 2.24) is 25.2 Å². The molecule has 0 bridgehead atoms. The Bertz CT molecular complexity index is 1260. The molecule has 9 nitrogen and oxygen atoms in total. The van der Waals surface area contributed by atoms with Gasteiger partial charge in [0.15, 0.2) is 16.5 Å². The molecule has 1 aromatic carbocycles. The van der Waals surface area contributed by atoms with Gasteiger partial charge in [-0.15, -0.1) is 11.3 Å². The van der Waals surface area contributed by atoms with E-state index in [1.165, 1.54) is 11.3 Å². The Morgan fingerprint density at radius 2 is 2.16 bits per heavy atom. The normalized spacial score (nSPS) is 19.8. The Labute approximate surface area is 180 Å². The SMILES string of the molecule is O=C1C[C@H]2Cc3c(-c4noc(-c5cc(-c6nccs6)on5)n4)cccc3[C@H]2N1CCO. The van der Waals surface area contributed by atoms with Crippen LogP contribution >= 0.6 is 11.3 Å². The van der Waals surface area contributed by atoms with E-state index in [0.717, 1.165) is 28.1 Å². The zero-order valence-electron chi connectivity index (χ0n) is 16.3. The number of carbonyl (C=O) groups excluding carboxylic acids is 1. The van der Waals surface area contributed by atoms with Crippen molar-refractivity contribution in [1.29, 1.82) is 0 Å². The summed E-state index contributed by atoms with van der Waals surface area (Å²) in [7, 11) is 0. The van der Waals surface area contributed by atoms with E-state index in [2.05, 4.69) is 20.3 Å². The molecule has 10 heteroatoms. The fourth-order valence-corrected chi connectivity index (χ4v) is 5.26. The first kappa shape index (κ1) is 18.4. The second-order valence-electron chi connectivity index (χ2n) is 7.63. The average Bonchev–Trinajstić information content (AvgIpc) is 3.57. The molecule has 156 valence electrons. The van der Waals surface area contributed by atoms with E-state index >= 15 is 0 Å².